The summed E-state index contributed by atoms with van der Waals surface area (Å²) in [6.45, 7) is 3.68. The second kappa shape index (κ2) is 9.68. The second-order valence-electron chi connectivity index (χ2n) is 5.64. The lowest BCUT2D eigenvalue weighted by Gasteiger charge is -2.13. The van der Waals surface area contributed by atoms with Gasteiger partial charge in [-0.25, -0.2) is 0 Å². The Labute approximate surface area is 157 Å². The Bertz CT molecular complexity index is 761. The number of nitrogens with zero attached hydrogens (tertiary/aromatic N) is 1. The molecule has 2 rings (SSSR count). The Hall–Kier alpha value is -2.73. The minimum absolute atomic E-state index is 0.0471. The first-order chi connectivity index (χ1) is 12.5. The van der Waals surface area contributed by atoms with Crippen LogP contribution in [0.1, 0.15) is 19.4 Å². The van der Waals surface area contributed by atoms with E-state index < -0.39 is 0 Å². The maximum Gasteiger partial charge on any atom is 0.265 e. The van der Waals surface area contributed by atoms with Crippen LogP contribution in [0.3, 0.4) is 0 Å². The first-order valence-corrected chi connectivity index (χ1v) is 8.41. The molecule has 0 spiro atoms. The van der Waals surface area contributed by atoms with Crippen molar-refractivity contribution in [2.24, 2.45) is 5.16 Å². The first kappa shape index (κ1) is 19.6. The zero-order valence-corrected chi connectivity index (χ0v) is 15.6. The molecule has 0 aliphatic rings. The molecule has 0 radical (unpaired) electrons. The monoisotopic (exact) mass is 376 g/mol. The van der Waals surface area contributed by atoms with Crippen LogP contribution in [0.5, 0.6) is 11.5 Å². The normalized spacial score (nSPS) is 10.8. The van der Waals surface area contributed by atoms with Crippen molar-refractivity contribution in [1.82, 2.24) is 0 Å². The minimum Gasteiger partial charge on any atom is -0.493 e. The first-order valence-electron chi connectivity index (χ1n) is 8.03. The van der Waals surface area contributed by atoms with Gasteiger partial charge in [-0.1, -0.05) is 16.8 Å². The number of carbonyl (C=O) groups excluding carboxylic acids is 1. The maximum absolute atomic E-state index is 11.8. The smallest absolute Gasteiger partial charge is 0.265 e. The van der Waals surface area contributed by atoms with Crippen molar-refractivity contribution < 1.29 is 19.1 Å². The Morgan fingerprint density at radius 1 is 1.19 bits per heavy atom. The van der Waals surface area contributed by atoms with Crippen LogP contribution in [-0.2, 0) is 9.63 Å². The van der Waals surface area contributed by atoms with Crippen LogP contribution in [0.15, 0.2) is 47.6 Å². The van der Waals surface area contributed by atoms with Gasteiger partial charge < -0.3 is 19.6 Å². The highest BCUT2D eigenvalue weighted by Crippen LogP contribution is 2.28. The average Bonchev–Trinajstić information content (AvgIpc) is 2.61. The molecule has 0 fully saturated rings. The van der Waals surface area contributed by atoms with Gasteiger partial charge in [0.15, 0.2) is 18.1 Å². The van der Waals surface area contributed by atoms with Crippen molar-refractivity contribution >= 4 is 29.4 Å². The van der Waals surface area contributed by atoms with Gasteiger partial charge in [-0.15, -0.1) is 0 Å². The number of oxime groups is 1. The summed E-state index contributed by atoms with van der Waals surface area (Å²) < 4.78 is 11.0. The van der Waals surface area contributed by atoms with Crippen molar-refractivity contribution in [3.05, 3.63) is 53.1 Å². The lowest BCUT2D eigenvalue weighted by molar-refractivity contribution is -0.120. The molecule has 0 aliphatic carbocycles. The number of hydrogen-bond donors (Lipinski definition) is 1. The van der Waals surface area contributed by atoms with E-state index in [2.05, 4.69) is 10.5 Å². The molecule has 1 N–H and O–H groups in total. The predicted octanol–water partition coefficient (Wildman–Crippen LogP) is 4.13. The Morgan fingerprint density at radius 3 is 2.58 bits per heavy atom. The predicted molar refractivity (Wildman–Crippen MR) is 102 cm³/mol. The van der Waals surface area contributed by atoms with Gasteiger partial charge in [-0.2, -0.15) is 0 Å². The minimum atomic E-state index is -0.317. The van der Waals surface area contributed by atoms with Crippen LogP contribution in [0.2, 0.25) is 5.02 Å². The zero-order valence-electron chi connectivity index (χ0n) is 14.9. The van der Waals surface area contributed by atoms with Gasteiger partial charge in [0.05, 0.1) is 19.4 Å². The van der Waals surface area contributed by atoms with Crippen LogP contribution in [0.25, 0.3) is 0 Å². The van der Waals surface area contributed by atoms with E-state index in [4.69, 9.17) is 25.9 Å². The van der Waals surface area contributed by atoms with E-state index in [1.807, 2.05) is 19.9 Å². The van der Waals surface area contributed by atoms with E-state index in [0.717, 1.165) is 5.56 Å². The number of rotatable bonds is 8. The SMILES string of the molecule is COc1cc(/C=N\OCC(=O)Nc2ccc(Cl)cc2)ccc1OC(C)C. The second-order valence-corrected chi connectivity index (χ2v) is 6.08. The summed E-state index contributed by atoms with van der Waals surface area (Å²) >= 11 is 5.79. The third kappa shape index (κ3) is 6.29. The Morgan fingerprint density at radius 2 is 1.92 bits per heavy atom. The average molecular weight is 377 g/mol. The molecule has 2 aromatic carbocycles. The Balaban J connectivity index is 1.85. The van der Waals surface area contributed by atoms with Crippen molar-refractivity contribution in [2.45, 2.75) is 20.0 Å². The number of amides is 1. The molecule has 0 saturated heterocycles. The molecular weight excluding hydrogens is 356 g/mol. The number of hydrogen-bond acceptors (Lipinski definition) is 5. The van der Waals surface area contributed by atoms with Crippen LogP contribution in [0.4, 0.5) is 5.69 Å². The molecule has 0 aromatic heterocycles. The molecule has 0 aliphatic heterocycles. The van der Waals surface area contributed by atoms with Gasteiger partial charge in [-0.05, 0) is 56.3 Å². The molecule has 0 atom stereocenters. The standard InChI is InChI=1S/C19H21ClN2O4/c1-13(2)26-17-9-4-14(10-18(17)24-3)11-21-25-12-19(23)22-16-7-5-15(20)6-8-16/h4-11,13H,12H2,1-3H3,(H,22,23)/b21-11-. The van der Waals surface area contributed by atoms with E-state index in [1.165, 1.54) is 6.21 Å². The number of ether oxygens (including phenoxy) is 2. The largest absolute Gasteiger partial charge is 0.493 e. The highest BCUT2D eigenvalue weighted by Gasteiger charge is 2.07. The van der Waals surface area contributed by atoms with Crippen molar-refractivity contribution in [3.63, 3.8) is 0 Å². The number of nitrogens with one attached hydrogen (secondary N) is 1. The van der Waals surface area contributed by atoms with E-state index in [1.54, 1.807) is 43.5 Å². The number of anilines is 1. The summed E-state index contributed by atoms with van der Waals surface area (Å²) in [4.78, 5) is 16.8. The molecule has 26 heavy (non-hydrogen) atoms. The van der Waals surface area contributed by atoms with E-state index in [0.29, 0.717) is 22.2 Å². The summed E-state index contributed by atoms with van der Waals surface area (Å²) in [6, 6.07) is 12.2. The van der Waals surface area contributed by atoms with Crippen molar-refractivity contribution in [1.29, 1.82) is 0 Å². The lowest BCUT2D eigenvalue weighted by atomic mass is 10.2. The third-order valence-corrected chi connectivity index (χ3v) is 3.40. The quantitative estimate of drug-likeness (QED) is 0.555. The van der Waals surface area contributed by atoms with E-state index >= 15 is 0 Å². The van der Waals surface area contributed by atoms with Crippen molar-refractivity contribution in [2.75, 3.05) is 19.0 Å². The summed E-state index contributed by atoms with van der Waals surface area (Å²) in [5.41, 5.74) is 1.40. The number of carbonyl (C=O) groups is 1. The summed E-state index contributed by atoms with van der Waals surface area (Å²) in [7, 11) is 1.57. The van der Waals surface area contributed by atoms with Gasteiger partial charge in [-0.3, -0.25) is 4.79 Å². The molecular formula is C19H21ClN2O4. The molecule has 0 heterocycles. The molecule has 2 aromatic rings. The number of benzene rings is 2. The summed E-state index contributed by atoms with van der Waals surface area (Å²) in [5, 5.41) is 7.08. The zero-order chi connectivity index (χ0) is 18.9. The van der Waals surface area contributed by atoms with Crippen LogP contribution in [-0.4, -0.2) is 31.9 Å². The fraction of sp³-hybridized carbons (Fsp3) is 0.263. The number of halogens is 1. The van der Waals surface area contributed by atoms with Gasteiger partial charge in [0.25, 0.3) is 5.91 Å². The van der Waals surface area contributed by atoms with Crippen LogP contribution in [0, 0.1) is 0 Å². The maximum atomic E-state index is 11.8. The van der Waals surface area contributed by atoms with Gasteiger partial charge >= 0.3 is 0 Å². The third-order valence-electron chi connectivity index (χ3n) is 3.15. The summed E-state index contributed by atoms with van der Waals surface area (Å²) in [5.74, 6) is 0.939. The molecule has 1 amide bonds. The van der Waals surface area contributed by atoms with E-state index in [-0.39, 0.29) is 18.6 Å². The molecule has 0 saturated carbocycles. The summed E-state index contributed by atoms with van der Waals surface area (Å²) in [6.07, 6.45) is 1.54. The lowest BCUT2D eigenvalue weighted by Crippen LogP contribution is -2.16. The highest BCUT2D eigenvalue weighted by atomic mass is 35.5. The molecule has 0 bridgehead atoms. The fourth-order valence-corrected chi connectivity index (χ4v) is 2.17. The molecule has 0 unspecified atom stereocenters. The van der Waals surface area contributed by atoms with Gasteiger partial charge in [0.2, 0.25) is 0 Å². The van der Waals surface area contributed by atoms with Gasteiger partial charge in [0.1, 0.15) is 0 Å². The molecule has 7 heteroatoms. The van der Waals surface area contributed by atoms with E-state index in [9.17, 15) is 4.79 Å². The Kier molecular flexibility index (Phi) is 7.29. The highest BCUT2D eigenvalue weighted by molar-refractivity contribution is 6.30. The van der Waals surface area contributed by atoms with Crippen molar-refractivity contribution in [3.8, 4) is 11.5 Å². The van der Waals surface area contributed by atoms with Crippen LogP contribution >= 0.6 is 11.6 Å². The fourth-order valence-electron chi connectivity index (χ4n) is 2.04. The molecule has 6 nitrogen and oxygen atoms in total. The number of methoxy groups -OCH3 is 1. The molecule has 138 valence electrons. The van der Waals surface area contributed by atoms with Gasteiger partial charge in [0, 0.05) is 16.3 Å². The topological polar surface area (TPSA) is 69.2 Å². The van der Waals surface area contributed by atoms with Crippen LogP contribution < -0.4 is 14.8 Å².